The summed E-state index contributed by atoms with van der Waals surface area (Å²) in [4.78, 5) is 2.41. The molecule has 0 aliphatic carbocycles. The summed E-state index contributed by atoms with van der Waals surface area (Å²) in [5.41, 5.74) is 2.80. The Morgan fingerprint density at radius 2 is 2.22 bits per heavy atom. The average Bonchev–Trinajstić information content (AvgIpc) is 2.37. The van der Waals surface area contributed by atoms with Crippen molar-refractivity contribution in [2.75, 3.05) is 33.7 Å². The van der Waals surface area contributed by atoms with Crippen LogP contribution in [0, 0.1) is 6.92 Å². The van der Waals surface area contributed by atoms with E-state index < -0.39 is 0 Å². The highest BCUT2D eigenvalue weighted by atomic mass is 15.2. The van der Waals surface area contributed by atoms with Gasteiger partial charge in [-0.1, -0.05) is 24.3 Å². The Kier molecular flexibility index (Phi) is 4.75. The maximum atomic E-state index is 3.62. The molecule has 0 saturated carbocycles. The summed E-state index contributed by atoms with van der Waals surface area (Å²) in [5, 5.41) is 7.08. The van der Waals surface area contributed by atoms with Crippen LogP contribution in [0.25, 0.3) is 0 Å². The number of piperazine rings is 1. The lowest BCUT2D eigenvalue weighted by molar-refractivity contribution is 0.222. The third kappa shape index (κ3) is 3.31. The van der Waals surface area contributed by atoms with Crippen molar-refractivity contribution >= 4 is 0 Å². The Morgan fingerprint density at radius 1 is 1.44 bits per heavy atom. The van der Waals surface area contributed by atoms with Crippen LogP contribution >= 0.6 is 0 Å². The van der Waals surface area contributed by atoms with Gasteiger partial charge in [0.25, 0.3) is 0 Å². The minimum absolute atomic E-state index is 0.440. The SMILES string of the molecule is CNC(CC1CN(C)CCN1)c1ccccc1C. The predicted octanol–water partition coefficient (Wildman–Crippen LogP) is 1.55. The predicted molar refractivity (Wildman–Crippen MR) is 76.9 cm³/mol. The van der Waals surface area contributed by atoms with E-state index in [1.54, 1.807) is 0 Å². The van der Waals surface area contributed by atoms with E-state index in [2.05, 4.69) is 60.8 Å². The zero-order chi connectivity index (χ0) is 13.0. The fourth-order valence-electron chi connectivity index (χ4n) is 2.81. The first-order chi connectivity index (χ1) is 8.70. The van der Waals surface area contributed by atoms with Gasteiger partial charge in [-0.25, -0.2) is 0 Å². The number of likely N-dealkylation sites (N-methyl/N-ethyl adjacent to an activating group) is 1. The first kappa shape index (κ1) is 13.5. The Hall–Kier alpha value is -0.900. The molecule has 1 heterocycles. The minimum atomic E-state index is 0.440. The maximum absolute atomic E-state index is 3.62. The highest BCUT2D eigenvalue weighted by Crippen LogP contribution is 2.22. The molecule has 0 amide bonds. The van der Waals surface area contributed by atoms with Crippen molar-refractivity contribution in [3.8, 4) is 0 Å². The fraction of sp³-hybridized carbons (Fsp3) is 0.600. The molecule has 2 rings (SSSR count). The maximum Gasteiger partial charge on any atom is 0.0335 e. The van der Waals surface area contributed by atoms with E-state index in [4.69, 9.17) is 0 Å². The van der Waals surface area contributed by atoms with Crippen molar-refractivity contribution in [3.63, 3.8) is 0 Å². The Bertz CT molecular complexity index is 378. The van der Waals surface area contributed by atoms with E-state index >= 15 is 0 Å². The van der Waals surface area contributed by atoms with Crippen LogP contribution in [0.2, 0.25) is 0 Å². The van der Waals surface area contributed by atoms with Crippen LogP contribution < -0.4 is 10.6 Å². The molecule has 1 aliphatic heterocycles. The van der Waals surface area contributed by atoms with Gasteiger partial charge in [-0.2, -0.15) is 0 Å². The molecule has 100 valence electrons. The molecule has 1 aromatic rings. The molecule has 0 spiro atoms. The van der Waals surface area contributed by atoms with E-state index in [0.29, 0.717) is 12.1 Å². The number of benzene rings is 1. The summed E-state index contributed by atoms with van der Waals surface area (Å²) in [6, 6.07) is 9.70. The van der Waals surface area contributed by atoms with Gasteiger partial charge in [-0.3, -0.25) is 0 Å². The van der Waals surface area contributed by atoms with Gasteiger partial charge in [0.15, 0.2) is 0 Å². The van der Waals surface area contributed by atoms with Crippen LogP contribution in [-0.2, 0) is 0 Å². The average molecular weight is 247 g/mol. The van der Waals surface area contributed by atoms with Gasteiger partial charge in [0.05, 0.1) is 0 Å². The van der Waals surface area contributed by atoms with Crippen molar-refractivity contribution in [3.05, 3.63) is 35.4 Å². The zero-order valence-electron chi connectivity index (χ0n) is 11.7. The quantitative estimate of drug-likeness (QED) is 0.845. The second kappa shape index (κ2) is 6.32. The Labute approximate surface area is 111 Å². The van der Waals surface area contributed by atoms with Crippen molar-refractivity contribution < 1.29 is 0 Å². The summed E-state index contributed by atoms with van der Waals surface area (Å²) in [6.07, 6.45) is 1.14. The fourth-order valence-corrected chi connectivity index (χ4v) is 2.81. The molecule has 2 unspecified atom stereocenters. The second-order valence-corrected chi connectivity index (χ2v) is 5.35. The largest absolute Gasteiger partial charge is 0.313 e. The molecule has 2 N–H and O–H groups in total. The van der Waals surface area contributed by atoms with Crippen LogP contribution in [-0.4, -0.2) is 44.7 Å². The molecule has 3 nitrogen and oxygen atoms in total. The minimum Gasteiger partial charge on any atom is -0.313 e. The topological polar surface area (TPSA) is 27.3 Å². The van der Waals surface area contributed by atoms with Gasteiger partial charge in [-0.15, -0.1) is 0 Å². The first-order valence-corrected chi connectivity index (χ1v) is 6.85. The summed E-state index contributed by atoms with van der Waals surface area (Å²) in [6.45, 7) is 5.60. The standard InChI is InChI=1S/C15H25N3/c1-12-6-4-5-7-14(12)15(16-2)10-13-11-18(3)9-8-17-13/h4-7,13,15-17H,8-11H2,1-3H3. The number of aryl methyl sites for hydroxylation is 1. The van der Waals surface area contributed by atoms with Crippen molar-refractivity contribution in [1.29, 1.82) is 0 Å². The Balaban J connectivity index is 2.03. The number of rotatable bonds is 4. The van der Waals surface area contributed by atoms with Crippen LogP contribution in [0.15, 0.2) is 24.3 Å². The van der Waals surface area contributed by atoms with E-state index in [-0.39, 0.29) is 0 Å². The van der Waals surface area contributed by atoms with Crippen LogP contribution in [0.4, 0.5) is 0 Å². The molecule has 3 heteroatoms. The molecule has 0 bridgehead atoms. The normalized spacial score (nSPS) is 22.9. The summed E-state index contributed by atoms with van der Waals surface area (Å²) < 4.78 is 0. The summed E-state index contributed by atoms with van der Waals surface area (Å²) >= 11 is 0. The molecule has 1 fully saturated rings. The van der Waals surface area contributed by atoms with Crippen molar-refractivity contribution in [1.82, 2.24) is 15.5 Å². The molecule has 0 radical (unpaired) electrons. The molecule has 1 aromatic carbocycles. The number of nitrogens with zero attached hydrogens (tertiary/aromatic N) is 1. The number of nitrogens with one attached hydrogen (secondary N) is 2. The zero-order valence-corrected chi connectivity index (χ0v) is 11.7. The smallest absolute Gasteiger partial charge is 0.0335 e. The molecule has 1 saturated heterocycles. The lowest BCUT2D eigenvalue weighted by Gasteiger charge is -2.33. The van der Waals surface area contributed by atoms with E-state index in [1.165, 1.54) is 11.1 Å². The van der Waals surface area contributed by atoms with Gasteiger partial charge in [0.2, 0.25) is 0 Å². The van der Waals surface area contributed by atoms with Crippen LogP contribution in [0.5, 0.6) is 0 Å². The second-order valence-electron chi connectivity index (χ2n) is 5.35. The molecule has 0 aromatic heterocycles. The molecular weight excluding hydrogens is 222 g/mol. The lowest BCUT2D eigenvalue weighted by atomic mass is 9.95. The van der Waals surface area contributed by atoms with Crippen LogP contribution in [0.1, 0.15) is 23.6 Å². The highest BCUT2D eigenvalue weighted by molar-refractivity contribution is 5.28. The van der Waals surface area contributed by atoms with Crippen LogP contribution in [0.3, 0.4) is 0 Å². The summed E-state index contributed by atoms with van der Waals surface area (Å²) in [5.74, 6) is 0. The highest BCUT2D eigenvalue weighted by Gasteiger charge is 2.21. The first-order valence-electron chi connectivity index (χ1n) is 6.85. The van der Waals surface area contributed by atoms with Gasteiger partial charge in [-0.05, 0) is 38.6 Å². The monoisotopic (exact) mass is 247 g/mol. The lowest BCUT2D eigenvalue weighted by Crippen LogP contribution is -2.50. The van der Waals surface area contributed by atoms with Crippen molar-refractivity contribution in [2.45, 2.75) is 25.4 Å². The van der Waals surface area contributed by atoms with E-state index in [9.17, 15) is 0 Å². The van der Waals surface area contributed by atoms with Gasteiger partial charge in [0.1, 0.15) is 0 Å². The Morgan fingerprint density at radius 3 is 2.89 bits per heavy atom. The number of hydrogen-bond donors (Lipinski definition) is 2. The molecule has 1 aliphatic rings. The number of hydrogen-bond acceptors (Lipinski definition) is 3. The van der Waals surface area contributed by atoms with Gasteiger partial charge < -0.3 is 15.5 Å². The molecular formula is C15H25N3. The van der Waals surface area contributed by atoms with E-state index in [0.717, 1.165) is 26.1 Å². The van der Waals surface area contributed by atoms with Crippen molar-refractivity contribution in [2.24, 2.45) is 0 Å². The molecule has 18 heavy (non-hydrogen) atoms. The van der Waals surface area contributed by atoms with E-state index in [1.807, 2.05) is 0 Å². The third-order valence-electron chi connectivity index (χ3n) is 3.89. The summed E-state index contributed by atoms with van der Waals surface area (Å²) in [7, 11) is 4.26. The van der Waals surface area contributed by atoms with Gasteiger partial charge >= 0.3 is 0 Å². The molecule has 2 atom stereocenters. The van der Waals surface area contributed by atoms with Gasteiger partial charge in [0, 0.05) is 31.7 Å². The third-order valence-corrected chi connectivity index (χ3v) is 3.89.